The van der Waals surface area contributed by atoms with Crippen molar-refractivity contribution in [3.8, 4) is 0 Å². The molecule has 2 aliphatic rings. The highest BCUT2D eigenvalue weighted by Gasteiger charge is 2.36. The van der Waals surface area contributed by atoms with Gasteiger partial charge in [-0.05, 0) is 46.3 Å². The predicted octanol–water partition coefficient (Wildman–Crippen LogP) is 0.515. The second kappa shape index (κ2) is 5.87. The molecule has 0 saturated carbocycles. The van der Waals surface area contributed by atoms with Crippen LogP contribution in [0.4, 0.5) is 0 Å². The SMILES string of the molecule is CCNC(C)(CO)CN1CCC2CCC(C1)N2C. The summed E-state index contributed by atoms with van der Waals surface area (Å²) in [4.78, 5) is 5.11. The van der Waals surface area contributed by atoms with E-state index in [9.17, 15) is 5.11 Å². The lowest BCUT2D eigenvalue weighted by Gasteiger charge is -2.35. The van der Waals surface area contributed by atoms with Crippen molar-refractivity contribution in [2.75, 3.05) is 39.8 Å². The topological polar surface area (TPSA) is 38.7 Å². The number of likely N-dealkylation sites (tertiary alicyclic amines) is 1. The Balaban J connectivity index is 1.94. The number of hydrogen-bond acceptors (Lipinski definition) is 4. The Kier molecular flexibility index (Phi) is 4.64. The highest BCUT2D eigenvalue weighted by Crippen LogP contribution is 2.28. The van der Waals surface area contributed by atoms with Crippen LogP contribution in [0.15, 0.2) is 0 Å². The van der Waals surface area contributed by atoms with Gasteiger partial charge >= 0.3 is 0 Å². The molecule has 0 amide bonds. The Labute approximate surface area is 111 Å². The molecule has 0 aromatic carbocycles. The molecular weight excluding hydrogens is 226 g/mol. The molecule has 106 valence electrons. The van der Waals surface area contributed by atoms with Crippen LogP contribution >= 0.6 is 0 Å². The zero-order valence-corrected chi connectivity index (χ0v) is 12.2. The van der Waals surface area contributed by atoms with Crippen LogP contribution in [0.5, 0.6) is 0 Å². The van der Waals surface area contributed by atoms with Crippen LogP contribution in [0.25, 0.3) is 0 Å². The lowest BCUT2D eigenvalue weighted by atomic mass is 10.0. The largest absolute Gasteiger partial charge is 0.394 e. The van der Waals surface area contributed by atoms with E-state index in [0.717, 1.165) is 31.7 Å². The van der Waals surface area contributed by atoms with Gasteiger partial charge < -0.3 is 10.4 Å². The van der Waals surface area contributed by atoms with E-state index >= 15 is 0 Å². The summed E-state index contributed by atoms with van der Waals surface area (Å²) >= 11 is 0. The quantitative estimate of drug-likeness (QED) is 0.751. The van der Waals surface area contributed by atoms with Crippen LogP contribution < -0.4 is 5.32 Å². The summed E-state index contributed by atoms with van der Waals surface area (Å²) in [5.41, 5.74) is -0.156. The van der Waals surface area contributed by atoms with Gasteiger partial charge in [-0.3, -0.25) is 9.80 Å². The molecule has 4 heteroatoms. The van der Waals surface area contributed by atoms with Gasteiger partial charge in [0.1, 0.15) is 0 Å². The molecule has 2 saturated heterocycles. The van der Waals surface area contributed by atoms with Gasteiger partial charge in [0.25, 0.3) is 0 Å². The number of rotatable bonds is 5. The summed E-state index contributed by atoms with van der Waals surface area (Å²) < 4.78 is 0. The number of aliphatic hydroxyl groups excluding tert-OH is 1. The van der Waals surface area contributed by atoms with Gasteiger partial charge in [-0.15, -0.1) is 0 Å². The summed E-state index contributed by atoms with van der Waals surface area (Å²) in [5, 5.41) is 13.0. The first-order chi connectivity index (χ1) is 8.58. The maximum atomic E-state index is 9.60. The standard InChI is InChI=1S/C14H29N3O/c1-4-15-14(2,11-18)10-17-8-7-12-5-6-13(9-17)16(12)3/h12-13,15,18H,4-11H2,1-3H3. The monoisotopic (exact) mass is 255 g/mol. The Bertz CT molecular complexity index is 274. The molecule has 2 heterocycles. The Hall–Kier alpha value is -0.160. The highest BCUT2D eigenvalue weighted by molar-refractivity contribution is 4.94. The molecule has 4 nitrogen and oxygen atoms in total. The number of likely N-dealkylation sites (N-methyl/N-ethyl adjacent to an activating group) is 2. The first kappa shape index (κ1) is 14.3. The van der Waals surface area contributed by atoms with Crippen LogP contribution in [0.1, 0.15) is 33.1 Å². The van der Waals surface area contributed by atoms with Crippen molar-refractivity contribution in [3.05, 3.63) is 0 Å². The molecule has 18 heavy (non-hydrogen) atoms. The van der Waals surface area contributed by atoms with E-state index in [1.54, 1.807) is 0 Å². The first-order valence-electron chi connectivity index (χ1n) is 7.38. The van der Waals surface area contributed by atoms with E-state index in [1.165, 1.54) is 25.8 Å². The van der Waals surface area contributed by atoms with Crippen LogP contribution in [-0.4, -0.2) is 72.4 Å². The molecular formula is C14H29N3O. The summed E-state index contributed by atoms with van der Waals surface area (Å²) in [6.07, 6.45) is 3.99. The van der Waals surface area contributed by atoms with Crippen molar-refractivity contribution >= 4 is 0 Å². The van der Waals surface area contributed by atoms with E-state index in [2.05, 4.69) is 36.0 Å². The van der Waals surface area contributed by atoms with Crippen LogP contribution in [0.2, 0.25) is 0 Å². The van der Waals surface area contributed by atoms with E-state index in [4.69, 9.17) is 0 Å². The van der Waals surface area contributed by atoms with E-state index in [1.807, 2.05) is 0 Å². The van der Waals surface area contributed by atoms with Crippen molar-refractivity contribution in [3.63, 3.8) is 0 Å². The second-order valence-electron chi connectivity index (χ2n) is 6.32. The fraction of sp³-hybridized carbons (Fsp3) is 1.00. The molecule has 0 aliphatic carbocycles. The molecule has 0 aromatic rings. The third-order valence-electron chi connectivity index (χ3n) is 4.76. The zero-order valence-electron chi connectivity index (χ0n) is 12.2. The third kappa shape index (κ3) is 3.05. The molecule has 0 spiro atoms. The number of nitrogens with zero attached hydrogens (tertiary/aromatic N) is 2. The first-order valence-corrected chi connectivity index (χ1v) is 7.38. The minimum atomic E-state index is -0.156. The van der Waals surface area contributed by atoms with Crippen LogP contribution in [0.3, 0.4) is 0 Å². The van der Waals surface area contributed by atoms with Gasteiger partial charge in [0, 0.05) is 25.2 Å². The minimum absolute atomic E-state index is 0.156. The number of nitrogens with one attached hydrogen (secondary N) is 1. The summed E-state index contributed by atoms with van der Waals surface area (Å²) in [6, 6.07) is 1.52. The Morgan fingerprint density at radius 2 is 2.00 bits per heavy atom. The molecule has 2 N–H and O–H groups in total. The molecule has 2 aliphatic heterocycles. The molecule has 0 radical (unpaired) electrons. The van der Waals surface area contributed by atoms with Gasteiger partial charge in [0.2, 0.25) is 0 Å². The van der Waals surface area contributed by atoms with Gasteiger partial charge in [-0.2, -0.15) is 0 Å². The van der Waals surface area contributed by atoms with E-state index < -0.39 is 0 Å². The van der Waals surface area contributed by atoms with Gasteiger partial charge in [0.15, 0.2) is 0 Å². The average molecular weight is 255 g/mol. The Morgan fingerprint density at radius 3 is 2.67 bits per heavy atom. The van der Waals surface area contributed by atoms with E-state index in [-0.39, 0.29) is 12.1 Å². The number of fused-ring (bicyclic) bond motifs is 2. The summed E-state index contributed by atoms with van der Waals surface area (Å²) in [7, 11) is 2.28. The molecule has 2 bridgehead atoms. The zero-order chi connectivity index (χ0) is 13.2. The molecule has 2 rings (SSSR count). The summed E-state index contributed by atoms with van der Waals surface area (Å²) in [6.45, 7) is 8.64. The van der Waals surface area contributed by atoms with Crippen LogP contribution in [-0.2, 0) is 0 Å². The lowest BCUT2D eigenvalue weighted by Crippen LogP contribution is -2.55. The second-order valence-corrected chi connectivity index (χ2v) is 6.32. The number of hydrogen-bond donors (Lipinski definition) is 2. The van der Waals surface area contributed by atoms with Crippen LogP contribution in [0, 0.1) is 0 Å². The van der Waals surface area contributed by atoms with Crippen molar-refractivity contribution in [1.82, 2.24) is 15.1 Å². The van der Waals surface area contributed by atoms with Crippen molar-refractivity contribution in [2.45, 2.75) is 50.7 Å². The molecule has 0 aromatic heterocycles. The van der Waals surface area contributed by atoms with Crippen molar-refractivity contribution in [1.29, 1.82) is 0 Å². The molecule has 3 unspecified atom stereocenters. The smallest absolute Gasteiger partial charge is 0.0623 e. The lowest BCUT2D eigenvalue weighted by molar-refractivity contribution is 0.115. The fourth-order valence-corrected chi connectivity index (χ4v) is 3.60. The highest BCUT2D eigenvalue weighted by atomic mass is 16.3. The maximum Gasteiger partial charge on any atom is 0.0623 e. The normalized spacial score (nSPS) is 33.3. The van der Waals surface area contributed by atoms with Gasteiger partial charge in [-0.1, -0.05) is 6.92 Å². The fourth-order valence-electron chi connectivity index (χ4n) is 3.60. The summed E-state index contributed by atoms with van der Waals surface area (Å²) in [5.74, 6) is 0. The van der Waals surface area contributed by atoms with Gasteiger partial charge in [-0.25, -0.2) is 0 Å². The molecule has 2 fully saturated rings. The minimum Gasteiger partial charge on any atom is -0.394 e. The third-order valence-corrected chi connectivity index (χ3v) is 4.76. The van der Waals surface area contributed by atoms with Crippen molar-refractivity contribution < 1.29 is 5.11 Å². The number of aliphatic hydroxyl groups is 1. The molecule has 3 atom stereocenters. The van der Waals surface area contributed by atoms with Gasteiger partial charge in [0.05, 0.1) is 12.1 Å². The van der Waals surface area contributed by atoms with E-state index in [0.29, 0.717) is 0 Å². The predicted molar refractivity (Wildman–Crippen MR) is 74.8 cm³/mol. The maximum absolute atomic E-state index is 9.60. The van der Waals surface area contributed by atoms with Crippen molar-refractivity contribution in [2.24, 2.45) is 0 Å². The average Bonchev–Trinajstić information content (AvgIpc) is 2.58. The Morgan fingerprint density at radius 1 is 1.28 bits per heavy atom.